The fourth-order valence-electron chi connectivity index (χ4n) is 2.77. The molecule has 0 amide bonds. The van der Waals surface area contributed by atoms with E-state index >= 15 is 0 Å². The third kappa shape index (κ3) is 3.02. The fourth-order valence-corrected chi connectivity index (χ4v) is 2.77. The van der Waals surface area contributed by atoms with Crippen molar-refractivity contribution in [1.82, 2.24) is 0 Å². The van der Waals surface area contributed by atoms with Gasteiger partial charge in [0.1, 0.15) is 0 Å². The van der Waals surface area contributed by atoms with Crippen LogP contribution in [0.1, 0.15) is 45.2 Å². The van der Waals surface area contributed by atoms with Crippen LogP contribution in [0.4, 0.5) is 0 Å². The summed E-state index contributed by atoms with van der Waals surface area (Å²) in [5, 5.41) is 0. The number of fused-ring (bicyclic) bond motifs is 1. The summed E-state index contributed by atoms with van der Waals surface area (Å²) in [6, 6.07) is 10.5. The van der Waals surface area contributed by atoms with Crippen LogP contribution < -0.4 is 70.2 Å². The van der Waals surface area contributed by atoms with Crippen molar-refractivity contribution in [2.24, 2.45) is 0 Å². The molecule has 2 rings (SSSR count). The molecule has 0 spiro atoms. The topological polar surface area (TPSA) is 0 Å². The summed E-state index contributed by atoms with van der Waals surface area (Å²) in [6.07, 6.45) is 1.21. The number of hydrogen-bond donors (Lipinski definition) is 0. The summed E-state index contributed by atoms with van der Waals surface area (Å²) >= 11 is 0. The van der Waals surface area contributed by atoms with Crippen LogP contribution in [0.5, 0.6) is 0 Å². The van der Waals surface area contributed by atoms with Gasteiger partial charge in [-0.2, -0.15) is 0 Å². The van der Waals surface area contributed by atoms with Gasteiger partial charge in [0.05, 0.1) is 0 Å². The van der Waals surface area contributed by atoms with Gasteiger partial charge < -0.3 is 18.2 Å². The predicted octanol–water partition coefficient (Wildman–Crippen LogP) is -2.75. The molecule has 0 radical (unpaired) electrons. The molecule has 0 atom stereocenters. The van der Waals surface area contributed by atoms with Crippen molar-refractivity contribution in [3.63, 3.8) is 0 Å². The molecule has 1 aliphatic rings. The molecule has 0 aliphatic heterocycles. The van der Waals surface area contributed by atoms with Crippen LogP contribution in [-0.4, -0.2) is 0 Å². The molecule has 0 fully saturated rings. The number of benzene rings is 1. The quantitative estimate of drug-likeness (QED) is 0.327. The van der Waals surface area contributed by atoms with Gasteiger partial charge in [0, 0.05) is 0 Å². The van der Waals surface area contributed by atoms with Gasteiger partial charge in [0.25, 0.3) is 0 Å². The maximum atomic E-state index is 3.34. The van der Waals surface area contributed by atoms with E-state index in [2.05, 4.69) is 45.9 Å². The van der Waals surface area contributed by atoms with Crippen LogP contribution in [0.15, 0.2) is 12.1 Å². The van der Waals surface area contributed by atoms with Crippen LogP contribution in [0, 0.1) is 12.1 Å². The molecule has 0 unspecified atom stereocenters. The summed E-state index contributed by atoms with van der Waals surface area (Å²) < 4.78 is 0. The monoisotopic (exact) mass is 218 g/mol. The van der Waals surface area contributed by atoms with E-state index in [1.54, 1.807) is 0 Å². The molecule has 2 heteroatoms. The first-order chi connectivity index (χ1) is 5.93. The van der Waals surface area contributed by atoms with E-state index in [4.69, 9.17) is 0 Å². The van der Waals surface area contributed by atoms with Gasteiger partial charge in [0.2, 0.25) is 0 Å². The first-order valence-electron chi connectivity index (χ1n) is 4.86. The van der Waals surface area contributed by atoms with Crippen LogP contribution in [0.25, 0.3) is 0 Å². The average Bonchev–Trinajstić information content (AvgIpc) is 2.20. The molecule has 0 heterocycles. The molecular weight excluding hydrogens is 202 g/mol. The third-order valence-corrected chi connectivity index (χ3v) is 3.09. The van der Waals surface area contributed by atoms with Crippen molar-refractivity contribution in [2.45, 2.75) is 44.9 Å². The summed E-state index contributed by atoms with van der Waals surface area (Å²) in [5.74, 6) is 0. The summed E-state index contributed by atoms with van der Waals surface area (Å²) in [4.78, 5) is 0. The molecule has 1 aliphatic carbocycles. The standard InChI is InChI=1S/C13H16.K.Li/c1-12(2)9-13(3,4)11-8-6-5-7-10(11)12;;/h5,8H,9H2,1-4H3;;/q-2;2*+1. The smallest absolute Gasteiger partial charge is 0.359 e. The van der Waals surface area contributed by atoms with Crippen molar-refractivity contribution < 1.29 is 70.2 Å². The SMILES string of the molecule is CC1(C)CC(C)(C)c2c[c-]c[c-]c21.[K+].[Li+]. The molecule has 0 saturated heterocycles. The minimum atomic E-state index is 0. The maximum absolute atomic E-state index is 3.34. The average molecular weight is 218 g/mol. The van der Waals surface area contributed by atoms with Gasteiger partial charge in [-0.05, 0) is 0 Å². The van der Waals surface area contributed by atoms with Gasteiger partial charge in [-0.3, -0.25) is 17.2 Å². The summed E-state index contributed by atoms with van der Waals surface area (Å²) in [6.45, 7) is 9.22. The minimum Gasteiger partial charge on any atom is -0.359 e. The zero-order valence-electron chi connectivity index (χ0n) is 10.9. The summed E-state index contributed by atoms with van der Waals surface area (Å²) in [7, 11) is 0. The molecular formula is C13H16KLi. The molecule has 0 aromatic heterocycles. The van der Waals surface area contributed by atoms with E-state index in [0.29, 0.717) is 5.41 Å². The Labute approximate surface area is 148 Å². The zero-order chi connectivity index (χ0) is 9.69. The van der Waals surface area contributed by atoms with Gasteiger partial charge in [-0.25, -0.2) is 0 Å². The van der Waals surface area contributed by atoms with E-state index in [1.165, 1.54) is 17.5 Å². The first kappa shape index (κ1) is 16.5. The molecule has 1 aromatic rings. The van der Waals surface area contributed by atoms with Crippen molar-refractivity contribution in [3.05, 3.63) is 35.4 Å². The molecule has 15 heavy (non-hydrogen) atoms. The Hall–Kier alpha value is 1.45. The fraction of sp³-hybridized carbons (Fsp3) is 0.538. The van der Waals surface area contributed by atoms with Crippen LogP contribution in [-0.2, 0) is 10.8 Å². The van der Waals surface area contributed by atoms with Crippen LogP contribution in [0.3, 0.4) is 0 Å². The van der Waals surface area contributed by atoms with Crippen LogP contribution >= 0.6 is 0 Å². The largest absolute Gasteiger partial charge is 1.00 e. The van der Waals surface area contributed by atoms with Gasteiger partial charge in [-0.1, -0.05) is 44.9 Å². The molecule has 70 valence electrons. The third-order valence-electron chi connectivity index (χ3n) is 3.09. The molecule has 0 bridgehead atoms. The summed E-state index contributed by atoms with van der Waals surface area (Å²) in [5.41, 5.74) is 3.40. The molecule has 0 N–H and O–H groups in total. The molecule has 0 saturated carbocycles. The Morgan fingerprint density at radius 1 is 1.13 bits per heavy atom. The Bertz CT molecular complexity index is 309. The molecule has 1 aromatic carbocycles. The Morgan fingerprint density at radius 2 is 1.73 bits per heavy atom. The second-order valence-corrected chi connectivity index (χ2v) is 5.33. The Kier molecular flexibility index (Phi) is 5.92. The maximum Gasteiger partial charge on any atom is 1.00 e. The molecule has 0 nitrogen and oxygen atoms in total. The van der Waals surface area contributed by atoms with E-state index < -0.39 is 0 Å². The Morgan fingerprint density at radius 3 is 2.27 bits per heavy atom. The minimum absolute atomic E-state index is 0. The number of rotatable bonds is 0. The van der Waals surface area contributed by atoms with Crippen LogP contribution in [0.2, 0.25) is 0 Å². The van der Waals surface area contributed by atoms with Crippen molar-refractivity contribution in [1.29, 1.82) is 0 Å². The zero-order valence-corrected chi connectivity index (χ0v) is 14.0. The second kappa shape index (κ2) is 5.40. The first-order valence-corrected chi connectivity index (χ1v) is 4.86. The number of hydrogen-bond acceptors (Lipinski definition) is 0. The van der Waals surface area contributed by atoms with E-state index in [9.17, 15) is 0 Å². The second-order valence-electron chi connectivity index (χ2n) is 5.33. The van der Waals surface area contributed by atoms with Crippen molar-refractivity contribution in [2.75, 3.05) is 0 Å². The van der Waals surface area contributed by atoms with Gasteiger partial charge >= 0.3 is 70.2 Å². The van der Waals surface area contributed by atoms with E-state index in [0.717, 1.165) is 0 Å². The predicted molar refractivity (Wildman–Crippen MR) is 54.8 cm³/mol. The van der Waals surface area contributed by atoms with E-state index in [-0.39, 0.29) is 75.7 Å². The normalized spacial score (nSPS) is 19.7. The Balaban J connectivity index is 0.000000980. The van der Waals surface area contributed by atoms with E-state index in [1.807, 2.05) is 6.07 Å². The van der Waals surface area contributed by atoms with Crippen molar-refractivity contribution in [3.8, 4) is 0 Å². The van der Waals surface area contributed by atoms with Gasteiger partial charge in [-0.15, -0.1) is 0 Å². The van der Waals surface area contributed by atoms with Crippen molar-refractivity contribution >= 4 is 0 Å². The van der Waals surface area contributed by atoms with Gasteiger partial charge in [0.15, 0.2) is 0 Å².